The molecule has 3 aromatic heterocycles. The Balaban J connectivity index is 0.000000429. The molecule has 35 heavy (non-hydrogen) atoms. The van der Waals surface area contributed by atoms with Crippen LogP contribution in [0.15, 0.2) is 35.7 Å². The van der Waals surface area contributed by atoms with Crippen molar-refractivity contribution in [1.82, 2.24) is 14.8 Å². The summed E-state index contributed by atoms with van der Waals surface area (Å²) in [6.07, 6.45) is -0.0343. The summed E-state index contributed by atoms with van der Waals surface area (Å²) in [6.45, 7) is 13.3. The summed E-state index contributed by atoms with van der Waals surface area (Å²) in [4.78, 5) is 37.5. The van der Waals surface area contributed by atoms with Crippen molar-refractivity contribution in [1.29, 1.82) is 0 Å². The number of Topliss-reactive ketones (excluding diaryl/α,β-unsaturated/α-hetero) is 1. The van der Waals surface area contributed by atoms with Crippen molar-refractivity contribution < 1.29 is 23.9 Å². The second kappa shape index (κ2) is 10.0. The summed E-state index contributed by atoms with van der Waals surface area (Å²) in [5.41, 5.74) is 2.90. The molecule has 0 saturated carbocycles. The molecule has 9 heteroatoms. The van der Waals surface area contributed by atoms with Gasteiger partial charge in [0.05, 0.1) is 15.9 Å². The Morgan fingerprint density at radius 3 is 2.37 bits per heavy atom. The quantitative estimate of drug-likeness (QED) is 0.252. The average Bonchev–Trinajstić information content (AvgIpc) is 3.45. The Kier molecular flexibility index (Phi) is 7.50. The maximum absolute atomic E-state index is 12.6. The molecule has 1 aromatic carbocycles. The van der Waals surface area contributed by atoms with Gasteiger partial charge in [0, 0.05) is 22.9 Å². The van der Waals surface area contributed by atoms with Gasteiger partial charge in [-0.1, -0.05) is 6.92 Å². The summed E-state index contributed by atoms with van der Waals surface area (Å²) in [6, 6.07) is 9.44. The summed E-state index contributed by atoms with van der Waals surface area (Å²) in [7, 11) is 0. The van der Waals surface area contributed by atoms with E-state index < -0.39 is 11.7 Å². The molecule has 0 aliphatic heterocycles. The van der Waals surface area contributed by atoms with Gasteiger partial charge in [-0.3, -0.25) is 9.59 Å². The molecule has 4 aromatic rings. The van der Waals surface area contributed by atoms with Crippen molar-refractivity contribution in [2.75, 3.05) is 0 Å². The fourth-order valence-electron chi connectivity index (χ4n) is 3.25. The Labute approximate surface area is 208 Å². The Hall–Kier alpha value is -3.46. The van der Waals surface area contributed by atoms with Crippen LogP contribution in [0.25, 0.3) is 32.5 Å². The summed E-state index contributed by atoms with van der Waals surface area (Å²) in [5.74, 6) is 0.111. The smallest absolute Gasteiger partial charge is 0.435 e. The number of carbonyl (C=O) groups is 3. The molecule has 0 saturated heterocycles. The van der Waals surface area contributed by atoms with Gasteiger partial charge in [0.25, 0.3) is 6.47 Å². The first-order valence-corrected chi connectivity index (χ1v) is 12.2. The molecule has 1 N–H and O–H groups in total. The summed E-state index contributed by atoms with van der Waals surface area (Å²) in [5, 5.41) is 7.39. The van der Waals surface area contributed by atoms with Crippen LogP contribution in [0.1, 0.15) is 65.2 Å². The van der Waals surface area contributed by atoms with E-state index >= 15 is 0 Å². The van der Waals surface area contributed by atoms with Crippen molar-refractivity contribution >= 4 is 50.8 Å². The number of H-pyrrole nitrogens is 1. The van der Waals surface area contributed by atoms with E-state index in [-0.39, 0.29) is 11.4 Å². The Morgan fingerprint density at radius 1 is 1.09 bits per heavy atom. The molecule has 0 aliphatic carbocycles. The largest absolute Gasteiger partial charge is 0.462 e. The lowest BCUT2D eigenvalue weighted by Crippen LogP contribution is -2.27. The molecule has 0 bridgehead atoms. The molecule has 0 amide bonds. The number of nitrogens with zero attached hydrogens (tertiary/aromatic N) is 2. The van der Waals surface area contributed by atoms with Crippen molar-refractivity contribution in [3.8, 4) is 11.4 Å². The summed E-state index contributed by atoms with van der Waals surface area (Å²) >= 11 is 1.52. The van der Waals surface area contributed by atoms with Crippen LogP contribution < -0.4 is 0 Å². The standard InChI is InChI=1S/C21H21N3O3S.C5H10O2/c1-5-17(25)12-6-7-14-13(10-12)11-15(22-14)18-19-16(8-9-28-19)24(23-18)20(26)27-21(2,3)4;1-5(2,3)7-4-6/h6-11,22H,5H2,1-4H3;4H,1-3H3. The van der Waals surface area contributed by atoms with Gasteiger partial charge in [0.2, 0.25) is 0 Å². The molecule has 186 valence electrons. The molecular weight excluding hydrogens is 466 g/mol. The number of hydrogen-bond donors (Lipinski definition) is 1. The van der Waals surface area contributed by atoms with Crippen LogP contribution in [0.3, 0.4) is 0 Å². The monoisotopic (exact) mass is 497 g/mol. The molecule has 0 unspecified atom stereocenters. The van der Waals surface area contributed by atoms with Crippen LogP contribution in [0, 0.1) is 0 Å². The third-order valence-corrected chi connectivity index (χ3v) is 5.69. The highest BCUT2D eigenvalue weighted by molar-refractivity contribution is 7.17. The molecule has 3 heterocycles. The molecule has 4 rings (SSSR count). The van der Waals surface area contributed by atoms with Crippen molar-refractivity contribution in [3.05, 3.63) is 41.3 Å². The van der Waals surface area contributed by atoms with E-state index in [1.165, 1.54) is 16.0 Å². The van der Waals surface area contributed by atoms with Gasteiger partial charge in [-0.05, 0) is 77.3 Å². The number of benzene rings is 1. The van der Waals surface area contributed by atoms with Gasteiger partial charge >= 0.3 is 6.09 Å². The van der Waals surface area contributed by atoms with Crippen molar-refractivity contribution in [2.24, 2.45) is 0 Å². The van der Waals surface area contributed by atoms with Crippen LogP contribution in [0.4, 0.5) is 4.79 Å². The van der Waals surface area contributed by atoms with Gasteiger partial charge in [-0.25, -0.2) is 4.79 Å². The molecule has 0 radical (unpaired) electrons. The third kappa shape index (κ3) is 6.36. The third-order valence-electron chi connectivity index (χ3n) is 4.77. The van der Waals surface area contributed by atoms with Crippen molar-refractivity contribution in [3.63, 3.8) is 0 Å². The highest BCUT2D eigenvalue weighted by Gasteiger charge is 2.24. The van der Waals surface area contributed by atoms with E-state index in [0.717, 1.165) is 26.8 Å². The van der Waals surface area contributed by atoms with Crippen LogP contribution in [-0.4, -0.2) is 44.3 Å². The number of ketones is 1. The number of ether oxygens (including phenoxy) is 2. The van der Waals surface area contributed by atoms with E-state index in [1.807, 2.05) is 84.2 Å². The maximum Gasteiger partial charge on any atom is 0.435 e. The van der Waals surface area contributed by atoms with Crippen molar-refractivity contribution in [2.45, 2.75) is 66.1 Å². The molecule has 8 nitrogen and oxygen atoms in total. The first-order valence-electron chi connectivity index (χ1n) is 11.3. The number of rotatable bonds is 4. The Morgan fingerprint density at radius 2 is 1.80 bits per heavy atom. The summed E-state index contributed by atoms with van der Waals surface area (Å²) < 4.78 is 12.2. The zero-order valence-electron chi connectivity index (χ0n) is 21.1. The van der Waals surface area contributed by atoms with Gasteiger partial charge in [0.1, 0.15) is 16.9 Å². The second-order valence-electron chi connectivity index (χ2n) is 9.96. The molecule has 0 aliphatic rings. The zero-order chi connectivity index (χ0) is 26.0. The SMILES string of the molecule is CC(C)(C)OC=O.CCC(=O)c1ccc2[nH]c(-c3nn(C(=O)OC(C)(C)C)c4ccsc34)cc2c1. The maximum atomic E-state index is 12.6. The van der Waals surface area contributed by atoms with Crippen LogP contribution >= 0.6 is 11.3 Å². The van der Waals surface area contributed by atoms with Gasteiger partial charge < -0.3 is 14.5 Å². The van der Waals surface area contributed by atoms with Crippen LogP contribution in [-0.2, 0) is 14.3 Å². The van der Waals surface area contributed by atoms with Gasteiger partial charge in [0.15, 0.2) is 5.78 Å². The lowest BCUT2D eigenvalue weighted by Gasteiger charge is -2.18. The molecule has 0 spiro atoms. The van der Waals surface area contributed by atoms with Gasteiger partial charge in [-0.15, -0.1) is 11.3 Å². The number of fused-ring (bicyclic) bond motifs is 2. The first-order chi connectivity index (χ1) is 16.3. The fraction of sp³-hybridized carbons (Fsp3) is 0.385. The van der Waals surface area contributed by atoms with E-state index in [4.69, 9.17) is 4.74 Å². The Bertz CT molecular complexity index is 1370. The van der Waals surface area contributed by atoms with E-state index in [9.17, 15) is 14.4 Å². The van der Waals surface area contributed by atoms with E-state index in [1.54, 1.807) is 0 Å². The number of nitrogens with one attached hydrogen (secondary N) is 1. The fourth-order valence-corrected chi connectivity index (χ4v) is 4.12. The van der Waals surface area contributed by atoms with Crippen LogP contribution in [0.5, 0.6) is 0 Å². The second-order valence-corrected chi connectivity index (χ2v) is 10.9. The topological polar surface area (TPSA) is 103 Å². The minimum absolute atomic E-state index is 0.111. The van der Waals surface area contributed by atoms with E-state index in [2.05, 4.69) is 14.8 Å². The zero-order valence-corrected chi connectivity index (χ0v) is 21.9. The average molecular weight is 498 g/mol. The lowest BCUT2D eigenvalue weighted by atomic mass is 10.1. The molecule has 0 atom stereocenters. The molecular formula is C26H31N3O5S. The number of carbonyl (C=O) groups excluding carboxylic acids is 3. The lowest BCUT2D eigenvalue weighted by molar-refractivity contribution is -0.138. The molecule has 0 fully saturated rings. The highest BCUT2D eigenvalue weighted by Crippen LogP contribution is 2.34. The van der Waals surface area contributed by atoms with Gasteiger partial charge in [-0.2, -0.15) is 9.78 Å². The number of aromatic nitrogens is 3. The minimum Gasteiger partial charge on any atom is -0.462 e. The predicted octanol–water partition coefficient (Wildman–Crippen LogP) is 6.58. The first kappa shape index (κ1) is 26.2. The number of thiophene rings is 1. The predicted molar refractivity (Wildman–Crippen MR) is 138 cm³/mol. The minimum atomic E-state index is -0.602. The normalized spacial score (nSPS) is 11.7. The van der Waals surface area contributed by atoms with E-state index in [0.29, 0.717) is 24.2 Å². The number of hydrogen-bond acceptors (Lipinski definition) is 7. The van der Waals surface area contributed by atoms with Crippen LogP contribution in [0.2, 0.25) is 0 Å². The number of aromatic amines is 1. The highest BCUT2D eigenvalue weighted by atomic mass is 32.1.